The molecular formula is C17H19N7. The molecule has 7 nitrogen and oxygen atoms in total. The van der Waals surface area contributed by atoms with Crippen molar-refractivity contribution in [2.45, 2.75) is 25.3 Å². The van der Waals surface area contributed by atoms with Gasteiger partial charge in [0.05, 0.1) is 17.1 Å². The van der Waals surface area contributed by atoms with Gasteiger partial charge in [0, 0.05) is 38.2 Å². The zero-order valence-corrected chi connectivity index (χ0v) is 13.6. The van der Waals surface area contributed by atoms with Crippen LogP contribution >= 0.6 is 0 Å². The number of rotatable bonds is 2. The van der Waals surface area contributed by atoms with Gasteiger partial charge < -0.3 is 14.8 Å². The Kier molecular flexibility index (Phi) is 2.80. The predicted octanol–water partition coefficient (Wildman–Crippen LogP) is 1.92. The van der Waals surface area contributed by atoms with E-state index in [-0.39, 0.29) is 5.54 Å². The number of H-pyrrole nitrogens is 1. The van der Waals surface area contributed by atoms with Crippen molar-refractivity contribution in [2.24, 2.45) is 0 Å². The van der Waals surface area contributed by atoms with Crippen LogP contribution in [0.15, 0.2) is 31.1 Å². The smallest absolute Gasteiger partial charge is 0.147 e. The van der Waals surface area contributed by atoms with E-state index in [4.69, 9.17) is 0 Å². The molecule has 24 heavy (non-hydrogen) atoms. The third-order valence-corrected chi connectivity index (χ3v) is 5.25. The van der Waals surface area contributed by atoms with Gasteiger partial charge in [-0.25, -0.2) is 15.0 Å². The number of aromatic nitrogens is 5. The number of aromatic amines is 1. The Bertz CT molecular complexity index is 884. The molecule has 4 heterocycles. The molecule has 2 fully saturated rings. The molecule has 0 radical (unpaired) electrons. The minimum Gasteiger partial charge on any atom is -0.352 e. The van der Waals surface area contributed by atoms with Crippen LogP contribution in [0.1, 0.15) is 18.4 Å². The molecule has 0 aromatic carbocycles. The van der Waals surface area contributed by atoms with Crippen LogP contribution in [0, 0.1) is 6.92 Å². The first-order chi connectivity index (χ1) is 11.8. The van der Waals surface area contributed by atoms with Crippen LogP contribution in [-0.2, 0) is 0 Å². The lowest BCUT2D eigenvalue weighted by Crippen LogP contribution is -2.56. The number of piperazine rings is 1. The highest BCUT2D eigenvalue weighted by molar-refractivity contribution is 5.90. The van der Waals surface area contributed by atoms with Crippen molar-refractivity contribution in [1.29, 1.82) is 0 Å². The summed E-state index contributed by atoms with van der Waals surface area (Å²) in [6, 6.07) is 0. The molecule has 7 heteroatoms. The van der Waals surface area contributed by atoms with Crippen LogP contribution in [0.25, 0.3) is 11.0 Å². The molecule has 0 bridgehead atoms. The van der Waals surface area contributed by atoms with Gasteiger partial charge in [-0.1, -0.05) is 0 Å². The normalized spacial score (nSPS) is 19.2. The van der Waals surface area contributed by atoms with Crippen molar-refractivity contribution in [2.75, 3.05) is 29.4 Å². The first kappa shape index (κ1) is 13.7. The molecule has 0 atom stereocenters. The molecular weight excluding hydrogens is 302 g/mol. The minimum absolute atomic E-state index is 0.176. The molecule has 1 aliphatic carbocycles. The number of nitrogens with zero attached hydrogens (tertiary/aromatic N) is 6. The SMILES string of the molecule is Cc1c[nH]c2ncnc(N3CCN(c4cnccn4)C4(CC4)C3)c12. The van der Waals surface area contributed by atoms with Gasteiger partial charge in [0.2, 0.25) is 0 Å². The molecule has 5 rings (SSSR count). The Hall–Kier alpha value is -2.70. The number of nitrogens with one attached hydrogen (secondary N) is 1. The molecule has 1 saturated heterocycles. The number of fused-ring (bicyclic) bond motifs is 1. The second-order valence-corrected chi connectivity index (χ2v) is 6.75. The topological polar surface area (TPSA) is 73.8 Å². The monoisotopic (exact) mass is 321 g/mol. The average Bonchev–Trinajstić information content (AvgIpc) is 3.28. The van der Waals surface area contributed by atoms with E-state index in [0.717, 1.165) is 42.3 Å². The highest BCUT2D eigenvalue weighted by Crippen LogP contribution is 2.46. The molecule has 122 valence electrons. The summed E-state index contributed by atoms with van der Waals surface area (Å²) in [5.41, 5.74) is 2.29. The van der Waals surface area contributed by atoms with Crippen molar-refractivity contribution in [1.82, 2.24) is 24.9 Å². The van der Waals surface area contributed by atoms with Crippen molar-refractivity contribution in [3.05, 3.63) is 36.7 Å². The molecule has 3 aromatic heterocycles. The predicted molar refractivity (Wildman–Crippen MR) is 92.2 cm³/mol. The van der Waals surface area contributed by atoms with Crippen molar-refractivity contribution in [3.8, 4) is 0 Å². The molecule has 1 aliphatic heterocycles. The summed E-state index contributed by atoms with van der Waals surface area (Å²) in [7, 11) is 0. The zero-order chi connectivity index (χ0) is 16.1. The van der Waals surface area contributed by atoms with E-state index >= 15 is 0 Å². The largest absolute Gasteiger partial charge is 0.352 e. The lowest BCUT2D eigenvalue weighted by molar-refractivity contribution is 0.502. The fourth-order valence-electron chi connectivity index (χ4n) is 3.86. The summed E-state index contributed by atoms with van der Waals surface area (Å²) in [6.45, 7) is 4.94. The van der Waals surface area contributed by atoms with Crippen LogP contribution in [0.4, 0.5) is 11.6 Å². The summed E-state index contributed by atoms with van der Waals surface area (Å²) in [4.78, 5) is 25.8. The standard InChI is InChI=1S/C17H19N7/c1-12-8-20-15-14(12)16(22-11-21-15)23-6-7-24(17(10-23)2-3-17)13-9-18-4-5-19-13/h4-5,8-9,11H,2-3,6-7,10H2,1H3,(H,20,21,22). The number of hydrogen-bond donors (Lipinski definition) is 1. The highest BCUT2D eigenvalue weighted by Gasteiger charge is 2.52. The van der Waals surface area contributed by atoms with Crippen LogP contribution < -0.4 is 9.80 Å². The maximum atomic E-state index is 4.60. The first-order valence-corrected chi connectivity index (χ1v) is 8.34. The second kappa shape index (κ2) is 4.90. The van der Waals surface area contributed by atoms with Gasteiger partial charge in [-0.05, 0) is 25.3 Å². The lowest BCUT2D eigenvalue weighted by atomic mass is 10.1. The average molecular weight is 321 g/mol. The van der Waals surface area contributed by atoms with Gasteiger partial charge in [0.25, 0.3) is 0 Å². The van der Waals surface area contributed by atoms with Crippen LogP contribution in [-0.4, -0.2) is 50.1 Å². The van der Waals surface area contributed by atoms with Gasteiger partial charge in [0.15, 0.2) is 0 Å². The second-order valence-electron chi connectivity index (χ2n) is 6.75. The quantitative estimate of drug-likeness (QED) is 0.777. The van der Waals surface area contributed by atoms with Gasteiger partial charge >= 0.3 is 0 Å². The molecule has 3 aromatic rings. The molecule has 1 N–H and O–H groups in total. The van der Waals surface area contributed by atoms with Gasteiger partial charge in [0.1, 0.15) is 23.6 Å². The van der Waals surface area contributed by atoms with E-state index < -0.39 is 0 Å². The molecule has 0 unspecified atom stereocenters. The third kappa shape index (κ3) is 1.97. The van der Waals surface area contributed by atoms with E-state index in [9.17, 15) is 0 Å². The van der Waals surface area contributed by atoms with Gasteiger partial charge in [-0.15, -0.1) is 0 Å². The first-order valence-electron chi connectivity index (χ1n) is 8.34. The molecule has 1 spiro atoms. The maximum Gasteiger partial charge on any atom is 0.147 e. The maximum absolute atomic E-state index is 4.60. The van der Waals surface area contributed by atoms with Crippen molar-refractivity contribution >= 4 is 22.7 Å². The molecule has 1 saturated carbocycles. The Balaban J connectivity index is 1.50. The summed E-state index contributed by atoms with van der Waals surface area (Å²) < 4.78 is 0. The molecule has 0 amide bonds. The number of hydrogen-bond acceptors (Lipinski definition) is 6. The third-order valence-electron chi connectivity index (χ3n) is 5.25. The highest BCUT2D eigenvalue weighted by atomic mass is 15.4. The van der Waals surface area contributed by atoms with Crippen molar-refractivity contribution < 1.29 is 0 Å². The van der Waals surface area contributed by atoms with E-state index in [1.54, 1.807) is 18.7 Å². The Morgan fingerprint density at radius 1 is 1.12 bits per heavy atom. The number of aryl methyl sites for hydroxylation is 1. The molecule has 2 aliphatic rings. The summed E-state index contributed by atoms with van der Waals surface area (Å²) in [5, 5.41) is 1.14. The Labute approximate surface area is 139 Å². The summed E-state index contributed by atoms with van der Waals surface area (Å²) in [6.07, 6.45) is 11.4. The van der Waals surface area contributed by atoms with E-state index in [2.05, 4.69) is 41.6 Å². The lowest BCUT2D eigenvalue weighted by Gasteiger charge is -2.43. The van der Waals surface area contributed by atoms with Crippen LogP contribution in [0.3, 0.4) is 0 Å². The fourth-order valence-corrected chi connectivity index (χ4v) is 3.86. The van der Waals surface area contributed by atoms with Gasteiger partial charge in [-0.2, -0.15) is 0 Å². The zero-order valence-electron chi connectivity index (χ0n) is 13.6. The Morgan fingerprint density at radius 3 is 2.83 bits per heavy atom. The fraction of sp³-hybridized carbons (Fsp3) is 0.412. The van der Waals surface area contributed by atoms with E-state index in [1.807, 2.05) is 12.4 Å². The van der Waals surface area contributed by atoms with E-state index in [1.165, 1.54) is 18.4 Å². The van der Waals surface area contributed by atoms with Crippen LogP contribution in [0.5, 0.6) is 0 Å². The van der Waals surface area contributed by atoms with Crippen molar-refractivity contribution in [3.63, 3.8) is 0 Å². The van der Waals surface area contributed by atoms with E-state index in [0.29, 0.717) is 0 Å². The van der Waals surface area contributed by atoms with Crippen LogP contribution in [0.2, 0.25) is 0 Å². The summed E-state index contributed by atoms with van der Waals surface area (Å²) in [5.74, 6) is 2.03. The summed E-state index contributed by atoms with van der Waals surface area (Å²) >= 11 is 0. The minimum atomic E-state index is 0.176. The number of anilines is 2. The van der Waals surface area contributed by atoms with Gasteiger partial charge in [-0.3, -0.25) is 4.98 Å². The Morgan fingerprint density at radius 2 is 2.04 bits per heavy atom.